The summed E-state index contributed by atoms with van der Waals surface area (Å²) in [5.41, 5.74) is -0.586. The summed E-state index contributed by atoms with van der Waals surface area (Å²) in [5.74, 6) is 3.71. The van der Waals surface area contributed by atoms with E-state index in [9.17, 15) is 10.2 Å². The Morgan fingerprint density at radius 1 is 1.10 bits per heavy atom. The number of aliphatic hydroxyl groups is 2. The van der Waals surface area contributed by atoms with Crippen LogP contribution in [-0.2, 0) is 6.54 Å². The van der Waals surface area contributed by atoms with Crippen molar-refractivity contribution in [1.82, 2.24) is 9.78 Å². The highest BCUT2D eigenvalue weighted by Crippen LogP contribution is 2.67. The summed E-state index contributed by atoms with van der Waals surface area (Å²) >= 11 is 0. The Labute approximate surface area is 186 Å². The summed E-state index contributed by atoms with van der Waals surface area (Å²) in [5, 5.41) is 36.1. The molecule has 4 aliphatic rings. The molecule has 5 heteroatoms. The Kier molecular flexibility index (Phi) is 5.07. The van der Waals surface area contributed by atoms with Crippen molar-refractivity contribution in [2.24, 2.45) is 40.9 Å². The predicted octanol–water partition coefficient (Wildman–Crippen LogP) is 4.53. The molecule has 5 nitrogen and oxygen atoms in total. The quantitative estimate of drug-likeness (QED) is 0.746. The molecule has 1 heterocycles. The van der Waals surface area contributed by atoms with E-state index >= 15 is 0 Å². The van der Waals surface area contributed by atoms with Gasteiger partial charge in [-0.1, -0.05) is 13.8 Å². The van der Waals surface area contributed by atoms with Crippen LogP contribution in [0, 0.1) is 52.3 Å². The minimum absolute atomic E-state index is 0.0359. The number of hydrogen-bond acceptors (Lipinski definition) is 4. The second-order valence-corrected chi connectivity index (χ2v) is 12.1. The number of nitriles is 1. The second-order valence-electron chi connectivity index (χ2n) is 12.1. The SMILES string of the molecule is C[C@H](Cn1cc(C#N)cn1)[C@@]1(O)CC[C@H]2[C@@H]3CC[C@@H]4C[C@](C)(O)CC[C@@H]4[C@H]3CC[C@@]21C. The van der Waals surface area contributed by atoms with Gasteiger partial charge in [-0.2, -0.15) is 10.4 Å². The van der Waals surface area contributed by atoms with Crippen LogP contribution in [0.15, 0.2) is 12.4 Å². The first-order valence-corrected chi connectivity index (χ1v) is 12.5. The minimum atomic E-state index is -0.672. The molecule has 31 heavy (non-hydrogen) atoms. The van der Waals surface area contributed by atoms with Gasteiger partial charge >= 0.3 is 0 Å². The molecule has 0 radical (unpaired) electrons. The van der Waals surface area contributed by atoms with Crippen molar-refractivity contribution >= 4 is 0 Å². The molecule has 5 rings (SSSR count). The van der Waals surface area contributed by atoms with E-state index < -0.39 is 11.2 Å². The van der Waals surface area contributed by atoms with Crippen molar-refractivity contribution in [2.45, 2.75) is 96.3 Å². The van der Waals surface area contributed by atoms with Crippen LogP contribution < -0.4 is 0 Å². The lowest BCUT2D eigenvalue weighted by atomic mass is 9.48. The predicted molar refractivity (Wildman–Crippen MR) is 119 cm³/mol. The number of nitrogens with zero attached hydrogens (tertiary/aromatic N) is 3. The van der Waals surface area contributed by atoms with Gasteiger partial charge in [-0.05, 0) is 99.7 Å². The zero-order valence-corrected chi connectivity index (χ0v) is 19.4. The molecule has 0 aliphatic heterocycles. The van der Waals surface area contributed by atoms with E-state index in [2.05, 4.69) is 25.0 Å². The molecular formula is C26H39N3O2. The molecule has 170 valence electrons. The van der Waals surface area contributed by atoms with Crippen molar-refractivity contribution in [3.05, 3.63) is 18.0 Å². The smallest absolute Gasteiger partial charge is 0.102 e. The summed E-state index contributed by atoms with van der Waals surface area (Å²) in [6, 6.07) is 2.15. The lowest BCUT2D eigenvalue weighted by Gasteiger charge is -2.58. The van der Waals surface area contributed by atoms with Crippen LogP contribution in [0.4, 0.5) is 0 Å². The zero-order chi connectivity index (χ0) is 22.0. The molecule has 0 aromatic carbocycles. The Balaban J connectivity index is 1.34. The van der Waals surface area contributed by atoms with Crippen LogP contribution in [0.2, 0.25) is 0 Å². The summed E-state index contributed by atoms with van der Waals surface area (Å²) in [4.78, 5) is 0. The van der Waals surface area contributed by atoms with E-state index in [1.807, 2.05) is 11.6 Å². The van der Waals surface area contributed by atoms with Crippen molar-refractivity contribution in [1.29, 1.82) is 5.26 Å². The molecule has 0 amide bonds. The first kappa shape index (κ1) is 21.5. The lowest BCUT2D eigenvalue weighted by Crippen LogP contribution is -2.56. The third-order valence-corrected chi connectivity index (χ3v) is 10.5. The topological polar surface area (TPSA) is 82.1 Å². The highest BCUT2D eigenvalue weighted by molar-refractivity contribution is 5.22. The average molecular weight is 426 g/mol. The van der Waals surface area contributed by atoms with Crippen molar-refractivity contribution in [3.8, 4) is 6.07 Å². The molecule has 0 saturated heterocycles. The molecule has 4 aliphatic carbocycles. The molecule has 1 aromatic rings. The third kappa shape index (κ3) is 3.28. The fourth-order valence-electron chi connectivity index (χ4n) is 8.89. The average Bonchev–Trinajstić information content (AvgIpc) is 3.29. The van der Waals surface area contributed by atoms with Gasteiger partial charge in [0.1, 0.15) is 6.07 Å². The molecule has 2 N–H and O–H groups in total. The van der Waals surface area contributed by atoms with Gasteiger partial charge in [-0.3, -0.25) is 4.68 Å². The van der Waals surface area contributed by atoms with Gasteiger partial charge in [-0.15, -0.1) is 0 Å². The molecular weight excluding hydrogens is 386 g/mol. The fourth-order valence-corrected chi connectivity index (χ4v) is 8.89. The second kappa shape index (κ2) is 7.32. The van der Waals surface area contributed by atoms with Gasteiger partial charge in [0, 0.05) is 18.7 Å². The minimum Gasteiger partial charge on any atom is -0.390 e. The standard InChI is InChI=1S/C26H39N3O2/c1-17(15-29-16-18(13-27)14-28-29)26(31)11-8-23-22-5-4-19-12-24(2,30)9-6-20(19)21(22)7-10-25(23,26)3/h14,16-17,19-23,30-31H,4-12,15H2,1-3H3/t17-,19-,20+,21-,22-,23+,24-,25+,26+/m1/s1. The van der Waals surface area contributed by atoms with Crippen LogP contribution in [0.3, 0.4) is 0 Å². The van der Waals surface area contributed by atoms with Gasteiger partial charge < -0.3 is 10.2 Å². The number of hydrogen-bond donors (Lipinski definition) is 2. The fraction of sp³-hybridized carbons (Fsp3) is 0.846. The van der Waals surface area contributed by atoms with Gasteiger partial charge in [0.15, 0.2) is 0 Å². The summed E-state index contributed by atoms with van der Waals surface area (Å²) < 4.78 is 1.84. The molecule has 4 saturated carbocycles. The van der Waals surface area contributed by atoms with Gasteiger partial charge in [0.05, 0.1) is 23.0 Å². The maximum absolute atomic E-state index is 12.1. The monoisotopic (exact) mass is 425 g/mol. The van der Waals surface area contributed by atoms with Gasteiger partial charge in [0.25, 0.3) is 0 Å². The van der Waals surface area contributed by atoms with Gasteiger partial charge in [0.2, 0.25) is 0 Å². The Morgan fingerprint density at radius 3 is 2.61 bits per heavy atom. The Bertz CT molecular complexity index is 872. The normalized spacial score (nSPS) is 47.7. The molecule has 0 spiro atoms. The van der Waals surface area contributed by atoms with E-state index in [4.69, 9.17) is 5.26 Å². The van der Waals surface area contributed by atoms with Crippen LogP contribution in [-0.4, -0.2) is 31.2 Å². The van der Waals surface area contributed by atoms with E-state index in [0.717, 1.165) is 49.9 Å². The molecule has 0 bridgehead atoms. The van der Waals surface area contributed by atoms with Crippen molar-refractivity contribution in [3.63, 3.8) is 0 Å². The van der Waals surface area contributed by atoms with Crippen LogP contribution in [0.1, 0.15) is 84.1 Å². The lowest BCUT2D eigenvalue weighted by molar-refractivity contribution is -0.160. The number of rotatable bonds is 3. The van der Waals surface area contributed by atoms with Crippen LogP contribution in [0.5, 0.6) is 0 Å². The van der Waals surface area contributed by atoms with Gasteiger partial charge in [-0.25, -0.2) is 0 Å². The maximum atomic E-state index is 12.1. The highest BCUT2D eigenvalue weighted by Gasteiger charge is 2.64. The first-order valence-electron chi connectivity index (χ1n) is 12.5. The Hall–Kier alpha value is -1.38. The van der Waals surface area contributed by atoms with E-state index in [0.29, 0.717) is 23.9 Å². The van der Waals surface area contributed by atoms with Crippen LogP contribution in [0.25, 0.3) is 0 Å². The highest BCUT2D eigenvalue weighted by atomic mass is 16.3. The maximum Gasteiger partial charge on any atom is 0.102 e. The van der Waals surface area contributed by atoms with Crippen molar-refractivity contribution < 1.29 is 10.2 Å². The van der Waals surface area contributed by atoms with E-state index in [1.54, 1.807) is 12.4 Å². The van der Waals surface area contributed by atoms with E-state index in [-0.39, 0.29) is 11.3 Å². The molecule has 9 atom stereocenters. The third-order valence-electron chi connectivity index (χ3n) is 10.5. The Morgan fingerprint density at radius 2 is 1.87 bits per heavy atom. The summed E-state index contributed by atoms with van der Waals surface area (Å²) in [7, 11) is 0. The number of aromatic nitrogens is 2. The van der Waals surface area contributed by atoms with Crippen LogP contribution >= 0.6 is 0 Å². The first-order chi connectivity index (χ1) is 14.7. The molecule has 0 unspecified atom stereocenters. The number of fused-ring (bicyclic) bond motifs is 5. The van der Waals surface area contributed by atoms with Crippen molar-refractivity contribution in [2.75, 3.05) is 0 Å². The van der Waals surface area contributed by atoms with E-state index in [1.165, 1.54) is 25.7 Å². The molecule has 4 fully saturated rings. The largest absolute Gasteiger partial charge is 0.390 e. The summed E-state index contributed by atoms with van der Waals surface area (Å²) in [6.07, 6.45) is 13.4. The molecule has 1 aromatic heterocycles. The summed E-state index contributed by atoms with van der Waals surface area (Å²) in [6.45, 7) is 7.24. The zero-order valence-electron chi connectivity index (χ0n) is 19.4.